The van der Waals surface area contributed by atoms with E-state index < -0.39 is 22.5 Å². The molecule has 3 aromatic rings. The van der Waals surface area contributed by atoms with Crippen LogP contribution in [-0.4, -0.2) is 33.4 Å². The van der Waals surface area contributed by atoms with Crippen LogP contribution in [0, 0.1) is 15.9 Å². The van der Waals surface area contributed by atoms with Crippen molar-refractivity contribution in [2.75, 3.05) is 16.8 Å². The summed E-state index contributed by atoms with van der Waals surface area (Å²) in [6.07, 6.45) is 2.92. The van der Waals surface area contributed by atoms with Crippen LogP contribution in [0.25, 0.3) is 10.2 Å². The first-order valence-electron chi connectivity index (χ1n) is 8.24. The number of carbonyl (C=O) groups excluding carboxylic acids is 1. The summed E-state index contributed by atoms with van der Waals surface area (Å²) in [5.74, 6) is -0.555. The standard InChI is InChI=1S/C17H14FN5O3S/c18-12-4-3-10(8-14(12)23(25)26)21-16(24)13-2-1-6-22(13)15-11-5-7-27-17(11)20-9-19-15/h3-5,7-9,13H,1-2,6H2,(H,21,24). The largest absolute Gasteiger partial charge is 0.344 e. The van der Waals surface area contributed by atoms with Gasteiger partial charge >= 0.3 is 5.69 Å². The molecule has 3 heterocycles. The lowest BCUT2D eigenvalue weighted by molar-refractivity contribution is -0.387. The van der Waals surface area contributed by atoms with E-state index in [1.165, 1.54) is 23.7 Å². The first-order chi connectivity index (χ1) is 13.0. The Morgan fingerprint density at radius 3 is 3.04 bits per heavy atom. The molecule has 0 radical (unpaired) electrons. The Morgan fingerprint density at radius 2 is 2.22 bits per heavy atom. The number of rotatable bonds is 4. The van der Waals surface area contributed by atoms with E-state index >= 15 is 0 Å². The lowest BCUT2D eigenvalue weighted by Crippen LogP contribution is -2.40. The normalized spacial score (nSPS) is 16.6. The van der Waals surface area contributed by atoms with Gasteiger partial charge in [-0.1, -0.05) is 0 Å². The summed E-state index contributed by atoms with van der Waals surface area (Å²) in [4.78, 5) is 34.2. The second-order valence-corrected chi connectivity index (χ2v) is 7.00. The number of nitrogens with one attached hydrogen (secondary N) is 1. The van der Waals surface area contributed by atoms with Crippen LogP contribution in [0.5, 0.6) is 0 Å². The molecule has 0 saturated carbocycles. The second kappa shape index (κ2) is 6.88. The van der Waals surface area contributed by atoms with Gasteiger partial charge in [0.15, 0.2) is 0 Å². The molecule has 1 aliphatic heterocycles. The van der Waals surface area contributed by atoms with Crippen LogP contribution in [0.3, 0.4) is 0 Å². The number of benzene rings is 1. The monoisotopic (exact) mass is 387 g/mol. The summed E-state index contributed by atoms with van der Waals surface area (Å²) in [5, 5.41) is 16.3. The van der Waals surface area contributed by atoms with E-state index in [-0.39, 0.29) is 11.6 Å². The third-order valence-corrected chi connectivity index (χ3v) is 5.30. The number of fused-ring (bicyclic) bond motifs is 1. The number of aromatic nitrogens is 2. The highest BCUT2D eigenvalue weighted by molar-refractivity contribution is 7.16. The van der Waals surface area contributed by atoms with Crippen molar-refractivity contribution in [1.82, 2.24) is 9.97 Å². The fourth-order valence-electron chi connectivity index (χ4n) is 3.25. The third-order valence-electron chi connectivity index (χ3n) is 4.48. The van der Waals surface area contributed by atoms with Gasteiger partial charge < -0.3 is 10.2 Å². The summed E-state index contributed by atoms with van der Waals surface area (Å²) >= 11 is 1.50. The maximum Gasteiger partial charge on any atom is 0.306 e. The maximum atomic E-state index is 13.5. The van der Waals surface area contributed by atoms with E-state index in [4.69, 9.17) is 0 Å². The van der Waals surface area contributed by atoms with Crippen LogP contribution in [0.1, 0.15) is 12.8 Å². The number of hydrogen-bond acceptors (Lipinski definition) is 7. The van der Waals surface area contributed by atoms with E-state index in [1.54, 1.807) is 0 Å². The SMILES string of the molecule is O=C(Nc1ccc(F)c([N+](=O)[O-])c1)C1CCCN1c1ncnc2sccc12. The lowest BCUT2D eigenvalue weighted by Gasteiger charge is -2.25. The van der Waals surface area contributed by atoms with Gasteiger partial charge in [-0.2, -0.15) is 4.39 Å². The molecule has 1 fully saturated rings. The van der Waals surface area contributed by atoms with Crippen molar-refractivity contribution in [3.63, 3.8) is 0 Å². The molecule has 0 spiro atoms. The van der Waals surface area contributed by atoms with Crippen LogP contribution in [0.2, 0.25) is 0 Å². The number of nitro groups is 1. The highest BCUT2D eigenvalue weighted by atomic mass is 32.1. The molecule has 1 saturated heterocycles. The van der Waals surface area contributed by atoms with Gasteiger partial charge in [-0.05, 0) is 36.4 Å². The molecule has 1 unspecified atom stereocenters. The van der Waals surface area contributed by atoms with Gasteiger partial charge in [-0.25, -0.2) is 9.97 Å². The van der Waals surface area contributed by atoms with E-state index in [0.29, 0.717) is 18.8 Å². The number of carbonyl (C=O) groups is 1. The zero-order valence-corrected chi connectivity index (χ0v) is 14.8. The smallest absolute Gasteiger partial charge is 0.306 e. The first-order valence-corrected chi connectivity index (χ1v) is 9.12. The molecule has 0 bridgehead atoms. The molecule has 0 aliphatic carbocycles. The van der Waals surface area contributed by atoms with Gasteiger partial charge in [-0.3, -0.25) is 14.9 Å². The Morgan fingerprint density at radius 1 is 1.37 bits per heavy atom. The third kappa shape index (κ3) is 3.19. The number of hydrogen-bond donors (Lipinski definition) is 1. The molecule has 4 rings (SSSR count). The molecule has 1 aliphatic rings. The summed E-state index contributed by atoms with van der Waals surface area (Å²) < 4.78 is 13.5. The van der Waals surface area contributed by atoms with Crippen LogP contribution in [0.4, 0.5) is 21.6 Å². The van der Waals surface area contributed by atoms with Crippen LogP contribution < -0.4 is 10.2 Å². The Bertz CT molecular complexity index is 1040. The Hall–Kier alpha value is -3.14. The van der Waals surface area contributed by atoms with E-state index in [0.717, 1.165) is 28.8 Å². The summed E-state index contributed by atoms with van der Waals surface area (Å²) in [6, 6.07) is 4.76. The summed E-state index contributed by atoms with van der Waals surface area (Å²) in [5.41, 5.74) is -0.491. The zero-order valence-electron chi connectivity index (χ0n) is 14.0. The molecular formula is C17H14FN5O3S. The molecule has 1 amide bonds. The van der Waals surface area contributed by atoms with Crippen LogP contribution >= 0.6 is 11.3 Å². The first kappa shape index (κ1) is 17.3. The second-order valence-electron chi connectivity index (χ2n) is 6.10. The van der Waals surface area contributed by atoms with Gasteiger partial charge in [0, 0.05) is 18.3 Å². The van der Waals surface area contributed by atoms with E-state index in [1.807, 2.05) is 16.3 Å². The van der Waals surface area contributed by atoms with Crippen LogP contribution in [-0.2, 0) is 4.79 Å². The average molecular weight is 387 g/mol. The predicted molar refractivity (Wildman–Crippen MR) is 99.5 cm³/mol. The van der Waals surface area contributed by atoms with Gasteiger partial charge in [0.05, 0.1) is 10.3 Å². The van der Waals surface area contributed by atoms with Crippen molar-refractivity contribution >= 4 is 44.7 Å². The van der Waals surface area contributed by atoms with Gasteiger partial charge in [-0.15, -0.1) is 11.3 Å². The van der Waals surface area contributed by atoms with Gasteiger partial charge in [0.2, 0.25) is 11.7 Å². The van der Waals surface area contributed by atoms with Crippen molar-refractivity contribution in [3.8, 4) is 0 Å². The predicted octanol–water partition coefficient (Wildman–Crippen LogP) is 3.35. The number of anilines is 2. The molecule has 8 nitrogen and oxygen atoms in total. The molecule has 1 aromatic carbocycles. The minimum absolute atomic E-state index is 0.184. The average Bonchev–Trinajstić information content (AvgIpc) is 3.31. The number of nitro benzene ring substituents is 1. The van der Waals surface area contributed by atoms with Gasteiger partial charge in [0.1, 0.15) is 23.0 Å². The number of amides is 1. The van der Waals surface area contributed by atoms with Crippen molar-refractivity contribution in [2.24, 2.45) is 0 Å². The molecule has 1 N–H and O–H groups in total. The molecule has 2 aromatic heterocycles. The quantitative estimate of drug-likeness (QED) is 0.544. The Labute approximate surface area is 156 Å². The lowest BCUT2D eigenvalue weighted by atomic mass is 10.2. The minimum Gasteiger partial charge on any atom is -0.344 e. The Balaban J connectivity index is 1.59. The number of halogens is 1. The number of nitrogens with zero attached hydrogens (tertiary/aromatic N) is 4. The topological polar surface area (TPSA) is 101 Å². The van der Waals surface area contributed by atoms with Crippen molar-refractivity contribution in [3.05, 3.63) is 51.9 Å². The van der Waals surface area contributed by atoms with Crippen molar-refractivity contribution in [2.45, 2.75) is 18.9 Å². The van der Waals surface area contributed by atoms with Crippen LogP contribution in [0.15, 0.2) is 36.0 Å². The summed E-state index contributed by atoms with van der Waals surface area (Å²) in [7, 11) is 0. The van der Waals surface area contributed by atoms with Gasteiger partial charge in [0.25, 0.3) is 0 Å². The van der Waals surface area contributed by atoms with E-state index in [2.05, 4.69) is 15.3 Å². The Kier molecular flexibility index (Phi) is 4.40. The highest BCUT2D eigenvalue weighted by Gasteiger charge is 2.33. The zero-order chi connectivity index (χ0) is 19.0. The summed E-state index contributed by atoms with van der Waals surface area (Å²) in [6.45, 7) is 0.670. The fourth-order valence-corrected chi connectivity index (χ4v) is 3.98. The fraction of sp³-hybridized carbons (Fsp3) is 0.235. The molecule has 10 heteroatoms. The molecule has 1 atom stereocenters. The molecular weight excluding hydrogens is 373 g/mol. The molecule has 27 heavy (non-hydrogen) atoms. The molecule has 138 valence electrons. The maximum absolute atomic E-state index is 13.5. The van der Waals surface area contributed by atoms with Crippen molar-refractivity contribution in [1.29, 1.82) is 0 Å². The van der Waals surface area contributed by atoms with Crippen molar-refractivity contribution < 1.29 is 14.1 Å². The van der Waals surface area contributed by atoms with E-state index in [9.17, 15) is 19.3 Å². The number of thiophene rings is 1. The highest BCUT2D eigenvalue weighted by Crippen LogP contribution is 2.32. The minimum atomic E-state index is -0.943.